The zero-order valence-corrected chi connectivity index (χ0v) is 23.1. The van der Waals surface area contributed by atoms with E-state index in [1.165, 1.54) is 10.9 Å². The van der Waals surface area contributed by atoms with Gasteiger partial charge in [-0.15, -0.1) is 0 Å². The van der Waals surface area contributed by atoms with E-state index >= 15 is 0 Å². The van der Waals surface area contributed by atoms with Crippen molar-refractivity contribution in [3.8, 4) is 0 Å². The first-order valence-corrected chi connectivity index (χ1v) is 13.4. The number of aromatic nitrogens is 2. The number of nitrogens with zero attached hydrogens (tertiary/aromatic N) is 2. The molecule has 4 aliphatic carbocycles. The highest BCUT2D eigenvalue weighted by molar-refractivity contribution is 6.33. The lowest BCUT2D eigenvalue weighted by Gasteiger charge is -2.52. The quantitative estimate of drug-likeness (QED) is 0.457. The van der Waals surface area contributed by atoms with Gasteiger partial charge in [-0.3, -0.25) is 9.48 Å². The lowest BCUT2D eigenvalue weighted by Crippen LogP contribution is -2.68. The SMILES string of the molecule is CC1=C[C@]23C(=O)[C@@H](C=C4COC(C)(C)O[C@H]4[C@]2(O)[C@H]1OC(=O)c1c(Cl)cnn1C)[C@H]1[C@@H](C[C@H]3C)C1(C)C. The zero-order valence-electron chi connectivity index (χ0n) is 22.4. The highest BCUT2D eigenvalue weighted by Gasteiger charge is 2.77. The Balaban J connectivity index is 1.53. The van der Waals surface area contributed by atoms with Crippen LogP contribution in [-0.2, 0) is 26.1 Å². The molecular weight excluding hydrogens is 496 g/mol. The molecule has 1 N–H and O–H groups in total. The van der Waals surface area contributed by atoms with Crippen molar-refractivity contribution in [2.24, 2.45) is 41.5 Å². The number of carbonyl (C=O) groups is 2. The molecular formula is C28H35ClN2O6. The molecule has 0 amide bonds. The second-order valence-corrected chi connectivity index (χ2v) is 13.1. The highest BCUT2D eigenvalue weighted by Crippen LogP contribution is 2.72. The van der Waals surface area contributed by atoms with E-state index in [2.05, 4.69) is 18.9 Å². The van der Waals surface area contributed by atoms with Crippen LogP contribution < -0.4 is 0 Å². The molecule has 5 aliphatic rings. The minimum atomic E-state index is -1.86. The van der Waals surface area contributed by atoms with Crippen molar-refractivity contribution in [2.45, 2.75) is 71.6 Å². The third kappa shape index (κ3) is 3.10. The van der Waals surface area contributed by atoms with Gasteiger partial charge in [0.25, 0.3) is 0 Å². The summed E-state index contributed by atoms with van der Waals surface area (Å²) >= 11 is 6.24. The number of halogens is 1. The smallest absolute Gasteiger partial charge is 0.358 e. The van der Waals surface area contributed by atoms with Gasteiger partial charge in [0.1, 0.15) is 6.10 Å². The molecule has 1 aromatic rings. The molecule has 8 atom stereocenters. The molecule has 200 valence electrons. The lowest BCUT2D eigenvalue weighted by atomic mass is 9.59. The van der Waals surface area contributed by atoms with Gasteiger partial charge in [0.2, 0.25) is 0 Å². The molecule has 1 aliphatic heterocycles. The first-order valence-electron chi connectivity index (χ1n) is 13.0. The monoisotopic (exact) mass is 530 g/mol. The second kappa shape index (κ2) is 7.56. The van der Waals surface area contributed by atoms with Crippen LogP contribution in [0.25, 0.3) is 0 Å². The van der Waals surface area contributed by atoms with Crippen LogP contribution in [0, 0.1) is 34.5 Å². The molecule has 8 nitrogen and oxygen atoms in total. The molecule has 2 heterocycles. The fraction of sp³-hybridized carbons (Fsp3) is 0.679. The van der Waals surface area contributed by atoms with E-state index < -0.39 is 35.0 Å². The fourth-order valence-electron chi connectivity index (χ4n) is 8.10. The molecule has 6 rings (SSSR count). The van der Waals surface area contributed by atoms with Gasteiger partial charge in [0, 0.05) is 13.0 Å². The molecule has 1 saturated heterocycles. The molecule has 2 saturated carbocycles. The van der Waals surface area contributed by atoms with Gasteiger partial charge in [-0.25, -0.2) is 4.79 Å². The van der Waals surface area contributed by atoms with Crippen LogP contribution in [0.4, 0.5) is 0 Å². The topological polar surface area (TPSA) is 99.9 Å². The predicted molar refractivity (Wildman–Crippen MR) is 135 cm³/mol. The van der Waals surface area contributed by atoms with Crippen molar-refractivity contribution in [1.29, 1.82) is 0 Å². The maximum absolute atomic E-state index is 14.7. The number of aryl methyl sites for hydroxylation is 1. The number of hydrogen-bond acceptors (Lipinski definition) is 7. The molecule has 0 aromatic carbocycles. The number of ketones is 1. The van der Waals surface area contributed by atoms with Crippen molar-refractivity contribution in [2.75, 3.05) is 6.61 Å². The van der Waals surface area contributed by atoms with Crippen molar-refractivity contribution >= 4 is 23.4 Å². The molecule has 9 heteroatoms. The standard InChI is InChI=1S/C28H35ClN2O6/c1-13-10-27-14(2)8-17-19(25(17,3)4)16(21(27)32)9-15-12-35-26(5,6)37-23(15)28(27,34)22(13)36-24(33)20-18(29)11-30-31(20)7/h9-11,14,16-17,19,22-23,34H,8,12H2,1-7H3/t14-,16+,17-,19+,22+,23-,27+,28-/m1/s1. The first kappa shape index (κ1) is 25.3. The molecule has 37 heavy (non-hydrogen) atoms. The molecule has 0 radical (unpaired) electrons. The third-order valence-corrected chi connectivity index (χ3v) is 10.3. The Morgan fingerprint density at radius 1 is 1.30 bits per heavy atom. The van der Waals surface area contributed by atoms with Crippen LogP contribution in [-0.4, -0.2) is 56.8 Å². The van der Waals surface area contributed by atoms with Crippen LogP contribution in [0.5, 0.6) is 0 Å². The van der Waals surface area contributed by atoms with E-state index in [1.54, 1.807) is 20.9 Å². The fourth-order valence-corrected chi connectivity index (χ4v) is 8.35. The molecule has 1 spiro atoms. The Bertz CT molecular complexity index is 1260. The van der Waals surface area contributed by atoms with Gasteiger partial charge in [0.15, 0.2) is 29.0 Å². The van der Waals surface area contributed by atoms with E-state index in [9.17, 15) is 14.7 Å². The van der Waals surface area contributed by atoms with E-state index in [0.29, 0.717) is 11.5 Å². The average Bonchev–Trinajstić information content (AvgIpc) is 3.09. The summed E-state index contributed by atoms with van der Waals surface area (Å²) in [5, 5.41) is 17.2. The number of Topliss-reactive ketones (excluding diaryl/α,β-unsaturated/α-hetero) is 1. The van der Waals surface area contributed by atoms with Crippen LogP contribution >= 0.6 is 11.6 Å². The predicted octanol–water partition coefficient (Wildman–Crippen LogP) is 3.87. The minimum Gasteiger partial charge on any atom is -0.450 e. The Morgan fingerprint density at radius 2 is 2.00 bits per heavy atom. The molecule has 3 fully saturated rings. The normalized spacial score (nSPS) is 42.9. The second-order valence-electron chi connectivity index (χ2n) is 12.7. The number of aliphatic hydroxyl groups is 1. The summed E-state index contributed by atoms with van der Waals surface area (Å²) in [6.45, 7) is 12.1. The van der Waals surface area contributed by atoms with Crippen LogP contribution in [0.15, 0.2) is 29.5 Å². The Hall–Kier alpha value is -2.00. The van der Waals surface area contributed by atoms with Gasteiger partial charge in [-0.2, -0.15) is 5.10 Å². The number of hydrogen-bond donors (Lipinski definition) is 1. The molecule has 0 unspecified atom stereocenters. The average molecular weight is 531 g/mol. The maximum Gasteiger partial charge on any atom is 0.358 e. The Labute approximate surface area is 222 Å². The molecule has 1 aromatic heterocycles. The summed E-state index contributed by atoms with van der Waals surface area (Å²) < 4.78 is 19.9. The number of esters is 1. The van der Waals surface area contributed by atoms with Crippen LogP contribution in [0.2, 0.25) is 5.02 Å². The van der Waals surface area contributed by atoms with E-state index in [0.717, 1.165) is 12.0 Å². The number of ether oxygens (including phenoxy) is 3. The van der Waals surface area contributed by atoms with Gasteiger partial charge >= 0.3 is 5.97 Å². The Morgan fingerprint density at radius 3 is 2.65 bits per heavy atom. The molecule has 2 bridgehead atoms. The van der Waals surface area contributed by atoms with E-state index in [4.69, 9.17) is 25.8 Å². The third-order valence-electron chi connectivity index (χ3n) is 9.98. The summed E-state index contributed by atoms with van der Waals surface area (Å²) in [6, 6.07) is 0. The largest absolute Gasteiger partial charge is 0.450 e. The lowest BCUT2D eigenvalue weighted by molar-refractivity contribution is -0.302. The number of rotatable bonds is 2. The zero-order chi connectivity index (χ0) is 26.9. The van der Waals surface area contributed by atoms with Crippen LogP contribution in [0.1, 0.15) is 58.5 Å². The van der Waals surface area contributed by atoms with Gasteiger partial charge < -0.3 is 19.3 Å². The van der Waals surface area contributed by atoms with Crippen molar-refractivity contribution in [3.63, 3.8) is 0 Å². The van der Waals surface area contributed by atoms with Gasteiger partial charge in [-0.1, -0.05) is 44.5 Å². The summed E-state index contributed by atoms with van der Waals surface area (Å²) in [5.41, 5.74) is -1.70. The summed E-state index contributed by atoms with van der Waals surface area (Å²) in [6.07, 6.45) is 4.00. The number of allylic oxidation sites excluding steroid dienone is 1. The van der Waals surface area contributed by atoms with E-state index in [-0.39, 0.29) is 46.3 Å². The Kier molecular flexibility index (Phi) is 5.16. The van der Waals surface area contributed by atoms with Gasteiger partial charge in [-0.05, 0) is 61.5 Å². The van der Waals surface area contributed by atoms with Crippen molar-refractivity contribution < 1.29 is 28.9 Å². The van der Waals surface area contributed by atoms with Crippen LogP contribution in [0.3, 0.4) is 0 Å². The maximum atomic E-state index is 14.7. The summed E-state index contributed by atoms with van der Waals surface area (Å²) in [4.78, 5) is 28.1. The van der Waals surface area contributed by atoms with E-state index in [1.807, 2.05) is 26.0 Å². The van der Waals surface area contributed by atoms with Crippen molar-refractivity contribution in [1.82, 2.24) is 9.78 Å². The number of carbonyl (C=O) groups excluding carboxylic acids is 2. The van der Waals surface area contributed by atoms with Gasteiger partial charge in [0.05, 0.1) is 23.2 Å². The number of fused-ring (bicyclic) bond motifs is 5. The minimum absolute atomic E-state index is 0.0275. The highest BCUT2D eigenvalue weighted by atomic mass is 35.5. The summed E-state index contributed by atoms with van der Waals surface area (Å²) in [7, 11) is 1.60. The first-order chi connectivity index (χ1) is 17.2. The van der Waals surface area contributed by atoms with Crippen molar-refractivity contribution in [3.05, 3.63) is 40.2 Å². The summed E-state index contributed by atoms with van der Waals surface area (Å²) in [5.74, 6) is -1.80.